The van der Waals surface area contributed by atoms with Gasteiger partial charge in [0.05, 0.1) is 5.52 Å². The highest BCUT2D eigenvalue weighted by atomic mass is 15.0. The first-order valence-corrected chi connectivity index (χ1v) is 4.77. The van der Waals surface area contributed by atoms with E-state index in [9.17, 15) is 0 Å². The van der Waals surface area contributed by atoms with Crippen LogP contribution in [0.3, 0.4) is 0 Å². The summed E-state index contributed by atoms with van der Waals surface area (Å²) in [6.07, 6.45) is 0. The van der Waals surface area contributed by atoms with Crippen LogP contribution in [0.2, 0.25) is 0 Å². The number of aryl methyl sites for hydroxylation is 2. The lowest BCUT2D eigenvalue weighted by atomic mass is 10.1. The van der Waals surface area contributed by atoms with Crippen LogP contribution < -0.4 is 5.32 Å². The van der Waals surface area contributed by atoms with Gasteiger partial charge in [-0.1, -0.05) is 12.1 Å². The molecule has 0 atom stereocenters. The molecule has 0 bridgehead atoms. The lowest BCUT2D eigenvalue weighted by Gasteiger charge is -2.06. The Kier molecular flexibility index (Phi) is 2.12. The molecule has 0 aliphatic rings. The van der Waals surface area contributed by atoms with Gasteiger partial charge in [0.1, 0.15) is 5.82 Å². The van der Waals surface area contributed by atoms with Crippen molar-refractivity contribution in [2.75, 3.05) is 12.4 Å². The van der Waals surface area contributed by atoms with Gasteiger partial charge in [-0.2, -0.15) is 0 Å². The fraction of sp³-hybridized carbons (Fsp3) is 0.250. The van der Waals surface area contributed by atoms with Gasteiger partial charge in [-0.05, 0) is 37.1 Å². The van der Waals surface area contributed by atoms with Gasteiger partial charge in [0, 0.05) is 12.4 Å². The summed E-state index contributed by atoms with van der Waals surface area (Å²) in [4.78, 5) is 4.54. The predicted octanol–water partition coefficient (Wildman–Crippen LogP) is 2.89. The van der Waals surface area contributed by atoms with E-state index in [2.05, 4.69) is 42.3 Å². The van der Waals surface area contributed by atoms with Crippen molar-refractivity contribution in [3.63, 3.8) is 0 Å². The molecule has 0 spiro atoms. The van der Waals surface area contributed by atoms with Gasteiger partial charge in [0.25, 0.3) is 0 Å². The maximum absolute atomic E-state index is 4.54. The van der Waals surface area contributed by atoms with E-state index >= 15 is 0 Å². The van der Waals surface area contributed by atoms with E-state index in [1.807, 2.05) is 13.1 Å². The summed E-state index contributed by atoms with van der Waals surface area (Å²) >= 11 is 0. The van der Waals surface area contributed by atoms with Crippen molar-refractivity contribution in [3.8, 4) is 0 Å². The third-order valence-corrected chi connectivity index (χ3v) is 2.64. The van der Waals surface area contributed by atoms with Crippen LogP contribution in [-0.2, 0) is 0 Å². The van der Waals surface area contributed by atoms with Gasteiger partial charge in [0.15, 0.2) is 0 Å². The molecule has 0 aliphatic heterocycles. The Labute approximate surface area is 84.0 Å². The lowest BCUT2D eigenvalue weighted by Crippen LogP contribution is -1.94. The summed E-state index contributed by atoms with van der Waals surface area (Å²) in [6, 6.07) is 8.35. The first kappa shape index (κ1) is 9.00. The summed E-state index contributed by atoms with van der Waals surface area (Å²) in [5.74, 6) is 0.922. The molecule has 0 saturated carbocycles. The van der Waals surface area contributed by atoms with Crippen molar-refractivity contribution >= 4 is 16.7 Å². The largest absolute Gasteiger partial charge is 0.373 e. The summed E-state index contributed by atoms with van der Waals surface area (Å²) in [5.41, 5.74) is 3.65. The summed E-state index contributed by atoms with van der Waals surface area (Å²) < 4.78 is 0. The van der Waals surface area contributed by atoms with Crippen molar-refractivity contribution in [1.29, 1.82) is 0 Å². The minimum atomic E-state index is 0.922. The summed E-state index contributed by atoms with van der Waals surface area (Å²) in [5, 5.41) is 4.26. The Morgan fingerprint density at radius 3 is 2.50 bits per heavy atom. The quantitative estimate of drug-likeness (QED) is 0.740. The van der Waals surface area contributed by atoms with E-state index in [-0.39, 0.29) is 0 Å². The van der Waals surface area contributed by atoms with Gasteiger partial charge in [-0.3, -0.25) is 0 Å². The molecule has 2 nitrogen and oxygen atoms in total. The molecule has 14 heavy (non-hydrogen) atoms. The minimum Gasteiger partial charge on any atom is -0.373 e. The average molecular weight is 186 g/mol. The van der Waals surface area contributed by atoms with Crippen LogP contribution in [0.25, 0.3) is 10.9 Å². The second-order valence-corrected chi connectivity index (χ2v) is 3.53. The van der Waals surface area contributed by atoms with Gasteiger partial charge in [0.2, 0.25) is 0 Å². The molecule has 1 aromatic carbocycles. The molecular formula is C12H14N2. The predicted molar refractivity (Wildman–Crippen MR) is 60.8 cm³/mol. The Hall–Kier alpha value is -1.57. The van der Waals surface area contributed by atoms with Gasteiger partial charge >= 0.3 is 0 Å². The minimum absolute atomic E-state index is 0.922. The molecule has 0 aliphatic carbocycles. The maximum Gasteiger partial charge on any atom is 0.126 e. The number of anilines is 1. The molecule has 72 valence electrons. The van der Waals surface area contributed by atoms with Gasteiger partial charge in [-0.25, -0.2) is 4.98 Å². The topological polar surface area (TPSA) is 24.9 Å². The number of nitrogens with one attached hydrogen (secondary N) is 1. The highest BCUT2D eigenvalue weighted by Crippen LogP contribution is 2.21. The number of hydrogen-bond donors (Lipinski definition) is 1. The number of rotatable bonds is 1. The number of hydrogen-bond acceptors (Lipinski definition) is 2. The standard InChI is InChI=1S/C12H14N2/c1-8-4-5-10-6-7-11(13-3)14-12(10)9(8)2/h4-7H,1-3H3,(H,13,14). The lowest BCUT2D eigenvalue weighted by molar-refractivity contribution is 1.29. The molecular weight excluding hydrogens is 172 g/mol. The Morgan fingerprint density at radius 2 is 1.79 bits per heavy atom. The Morgan fingerprint density at radius 1 is 1.07 bits per heavy atom. The van der Waals surface area contributed by atoms with Crippen LogP contribution >= 0.6 is 0 Å². The second-order valence-electron chi connectivity index (χ2n) is 3.53. The van der Waals surface area contributed by atoms with Crippen LogP contribution in [-0.4, -0.2) is 12.0 Å². The summed E-state index contributed by atoms with van der Waals surface area (Å²) in [6.45, 7) is 4.23. The monoisotopic (exact) mass is 186 g/mol. The molecule has 2 rings (SSSR count). The number of nitrogens with zero attached hydrogens (tertiary/aromatic N) is 1. The van der Waals surface area contributed by atoms with E-state index in [1.54, 1.807) is 0 Å². The fourth-order valence-corrected chi connectivity index (χ4v) is 1.57. The van der Waals surface area contributed by atoms with Gasteiger partial charge in [-0.15, -0.1) is 0 Å². The van der Waals surface area contributed by atoms with Crippen LogP contribution in [0.1, 0.15) is 11.1 Å². The highest BCUT2D eigenvalue weighted by molar-refractivity contribution is 5.84. The van der Waals surface area contributed by atoms with Crippen molar-refractivity contribution in [2.24, 2.45) is 0 Å². The zero-order valence-electron chi connectivity index (χ0n) is 8.76. The number of benzene rings is 1. The zero-order valence-corrected chi connectivity index (χ0v) is 8.76. The maximum atomic E-state index is 4.54. The Balaban J connectivity index is 2.78. The smallest absolute Gasteiger partial charge is 0.126 e. The first-order valence-electron chi connectivity index (χ1n) is 4.77. The molecule has 0 radical (unpaired) electrons. The highest BCUT2D eigenvalue weighted by Gasteiger charge is 2.02. The van der Waals surface area contributed by atoms with Crippen LogP contribution in [0.15, 0.2) is 24.3 Å². The summed E-state index contributed by atoms with van der Waals surface area (Å²) in [7, 11) is 1.89. The Bertz CT molecular complexity index is 475. The molecule has 1 heterocycles. The number of aromatic nitrogens is 1. The molecule has 2 heteroatoms. The van der Waals surface area contributed by atoms with Crippen molar-refractivity contribution < 1.29 is 0 Å². The van der Waals surface area contributed by atoms with Crippen molar-refractivity contribution in [2.45, 2.75) is 13.8 Å². The zero-order chi connectivity index (χ0) is 10.1. The third-order valence-electron chi connectivity index (χ3n) is 2.64. The fourth-order valence-electron chi connectivity index (χ4n) is 1.57. The van der Waals surface area contributed by atoms with E-state index in [4.69, 9.17) is 0 Å². The molecule has 2 aromatic rings. The van der Waals surface area contributed by atoms with Crippen molar-refractivity contribution in [1.82, 2.24) is 4.98 Å². The van der Waals surface area contributed by atoms with E-state index < -0.39 is 0 Å². The van der Waals surface area contributed by atoms with Gasteiger partial charge < -0.3 is 5.32 Å². The molecule has 0 fully saturated rings. The van der Waals surface area contributed by atoms with Crippen LogP contribution in [0.4, 0.5) is 5.82 Å². The number of pyridine rings is 1. The van der Waals surface area contributed by atoms with E-state index in [1.165, 1.54) is 16.5 Å². The van der Waals surface area contributed by atoms with E-state index in [0.29, 0.717) is 0 Å². The normalized spacial score (nSPS) is 10.5. The van der Waals surface area contributed by atoms with Crippen LogP contribution in [0.5, 0.6) is 0 Å². The molecule has 1 aromatic heterocycles. The molecule has 0 unspecified atom stereocenters. The average Bonchev–Trinajstić information content (AvgIpc) is 2.23. The molecule has 0 amide bonds. The third kappa shape index (κ3) is 1.33. The molecule has 1 N–H and O–H groups in total. The SMILES string of the molecule is CNc1ccc2ccc(C)c(C)c2n1. The molecule has 0 saturated heterocycles. The van der Waals surface area contributed by atoms with Crippen molar-refractivity contribution in [3.05, 3.63) is 35.4 Å². The van der Waals surface area contributed by atoms with E-state index in [0.717, 1.165) is 11.3 Å². The first-order chi connectivity index (χ1) is 6.72. The second kappa shape index (κ2) is 3.29. The van der Waals surface area contributed by atoms with Crippen LogP contribution in [0, 0.1) is 13.8 Å². The number of fused-ring (bicyclic) bond motifs is 1.